The summed E-state index contributed by atoms with van der Waals surface area (Å²) in [6, 6.07) is 7.54. The quantitative estimate of drug-likeness (QED) is 0.890. The van der Waals surface area contributed by atoms with Crippen LogP contribution in [0.1, 0.15) is 29.4 Å². The number of H-pyrrole nitrogens is 1. The van der Waals surface area contributed by atoms with Crippen LogP contribution in [0.3, 0.4) is 0 Å². The Kier molecular flexibility index (Phi) is 3.20. The minimum absolute atomic E-state index is 0.125. The molecule has 110 valence electrons. The average molecular weight is 286 g/mol. The first-order valence-electron chi connectivity index (χ1n) is 7.10. The third-order valence-corrected chi connectivity index (χ3v) is 4.34. The zero-order valence-corrected chi connectivity index (χ0v) is 12.1. The van der Waals surface area contributed by atoms with E-state index in [2.05, 4.69) is 4.98 Å². The Morgan fingerprint density at radius 2 is 2.10 bits per heavy atom. The van der Waals surface area contributed by atoms with Crippen molar-refractivity contribution in [3.8, 4) is 0 Å². The van der Waals surface area contributed by atoms with E-state index >= 15 is 0 Å². The molecule has 0 spiro atoms. The van der Waals surface area contributed by atoms with Crippen molar-refractivity contribution in [2.75, 3.05) is 6.54 Å². The lowest BCUT2D eigenvalue weighted by Gasteiger charge is -2.22. The van der Waals surface area contributed by atoms with Crippen LogP contribution < -0.4 is 0 Å². The first-order chi connectivity index (χ1) is 9.97. The highest BCUT2D eigenvalue weighted by atomic mass is 16.4. The van der Waals surface area contributed by atoms with E-state index in [1.807, 2.05) is 31.2 Å². The maximum atomic E-state index is 12.6. The normalized spacial score (nSPS) is 21.9. The second-order valence-corrected chi connectivity index (χ2v) is 5.75. The van der Waals surface area contributed by atoms with E-state index in [9.17, 15) is 9.59 Å². The number of aromatic nitrogens is 1. The van der Waals surface area contributed by atoms with Gasteiger partial charge in [0.1, 0.15) is 5.69 Å². The van der Waals surface area contributed by atoms with E-state index in [-0.39, 0.29) is 11.9 Å². The predicted octanol–water partition coefficient (Wildman–Crippen LogP) is 2.41. The fourth-order valence-corrected chi connectivity index (χ4v) is 3.07. The molecule has 1 amide bonds. The number of likely N-dealkylation sites (tertiary alicyclic amines) is 1. The van der Waals surface area contributed by atoms with Crippen molar-refractivity contribution in [2.24, 2.45) is 5.92 Å². The summed E-state index contributed by atoms with van der Waals surface area (Å²) >= 11 is 0. The van der Waals surface area contributed by atoms with Crippen molar-refractivity contribution in [1.29, 1.82) is 0 Å². The van der Waals surface area contributed by atoms with Crippen LogP contribution in [0.4, 0.5) is 0 Å². The van der Waals surface area contributed by atoms with Gasteiger partial charge in [0, 0.05) is 23.5 Å². The number of fused-ring (bicyclic) bond motifs is 1. The number of amides is 1. The number of nitrogens with zero attached hydrogens (tertiary/aromatic N) is 1. The molecule has 1 aromatic carbocycles. The molecule has 0 radical (unpaired) electrons. The molecular formula is C16H18N2O3. The number of aromatic amines is 1. The maximum absolute atomic E-state index is 12.6. The minimum atomic E-state index is -0.829. The molecular weight excluding hydrogens is 268 g/mol. The van der Waals surface area contributed by atoms with Gasteiger partial charge in [-0.05, 0) is 38.0 Å². The summed E-state index contributed by atoms with van der Waals surface area (Å²) in [5, 5.41) is 10.1. The highest BCUT2D eigenvalue weighted by Crippen LogP contribution is 2.27. The Balaban J connectivity index is 1.89. The van der Waals surface area contributed by atoms with E-state index in [1.54, 1.807) is 11.8 Å². The van der Waals surface area contributed by atoms with Gasteiger partial charge in [0.15, 0.2) is 0 Å². The van der Waals surface area contributed by atoms with Gasteiger partial charge in [-0.25, -0.2) is 0 Å². The first kappa shape index (κ1) is 13.7. The van der Waals surface area contributed by atoms with Crippen molar-refractivity contribution in [3.63, 3.8) is 0 Å². The van der Waals surface area contributed by atoms with Crippen molar-refractivity contribution in [1.82, 2.24) is 9.88 Å². The van der Waals surface area contributed by atoms with Crippen LogP contribution in [0, 0.1) is 12.8 Å². The van der Waals surface area contributed by atoms with Crippen molar-refractivity contribution in [2.45, 2.75) is 26.3 Å². The number of aliphatic carboxylic acids is 1. The molecule has 0 aliphatic carbocycles. The lowest BCUT2D eigenvalue weighted by Crippen LogP contribution is -2.37. The molecule has 0 bridgehead atoms. The third-order valence-electron chi connectivity index (χ3n) is 4.34. The highest BCUT2D eigenvalue weighted by Gasteiger charge is 2.38. The number of carboxylic acids is 1. The minimum Gasteiger partial charge on any atom is -0.481 e. The molecule has 2 atom stereocenters. The molecule has 21 heavy (non-hydrogen) atoms. The van der Waals surface area contributed by atoms with E-state index < -0.39 is 11.9 Å². The highest BCUT2D eigenvalue weighted by molar-refractivity contribution is 5.98. The number of hydrogen-bond acceptors (Lipinski definition) is 2. The molecule has 1 saturated heterocycles. The zero-order chi connectivity index (χ0) is 15.1. The zero-order valence-electron chi connectivity index (χ0n) is 12.1. The van der Waals surface area contributed by atoms with E-state index in [1.165, 1.54) is 0 Å². The first-order valence-corrected chi connectivity index (χ1v) is 7.10. The fourth-order valence-electron chi connectivity index (χ4n) is 3.07. The lowest BCUT2D eigenvalue weighted by atomic mass is 10.0. The molecule has 0 saturated carbocycles. The third kappa shape index (κ3) is 2.28. The monoisotopic (exact) mass is 286 g/mol. The number of carbonyl (C=O) groups is 2. The number of rotatable bonds is 2. The summed E-state index contributed by atoms with van der Waals surface area (Å²) < 4.78 is 0. The van der Waals surface area contributed by atoms with Crippen LogP contribution in [-0.4, -0.2) is 39.5 Å². The fraction of sp³-hybridized carbons (Fsp3) is 0.375. The second-order valence-electron chi connectivity index (χ2n) is 5.75. The van der Waals surface area contributed by atoms with E-state index in [4.69, 9.17) is 5.11 Å². The Morgan fingerprint density at radius 1 is 1.33 bits per heavy atom. The predicted molar refractivity (Wildman–Crippen MR) is 79.3 cm³/mol. The number of aryl methyl sites for hydroxylation is 1. The number of hydrogen-bond donors (Lipinski definition) is 2. The Hall–Kier alpha value is -2.30. The summed E-state index contributed by atoms with van der Waals surface area (Å²) in [4.78, 5) is 28.5. The number of carbonyl (C=O) groups excluding carboxylic acids is 1. The van der Waals surface area contributed by atoms with Crippen LogP contribution >= 0.6 is 0 Å². The van der Waals surface area contributed by atoms with Gasteiger partial charge in [0.25, 0.3) is 5.91 Å². The number of nitrogens with one attached hydrogen (secondary N) is 1. The molecule has 1 aliphatic heterocycles. The molecule has 5 nitrogen and oxygen atoms in total. The smallest absolute Gasteiger partial charge is 0.308 e. The molecule has 2 unspecified atom stereocenters. The molecule has 2 N–H and O–H groups in total. The van der Waals surface area contributed by atoms with Crippen LogP contribution in [0.25, 0.3) is 10.9 Å². The molecule has 2 heterocycles. The van der Waals surface area contributed by atoms with Crippen molar-refractivity contribution < 1.29 is 14.7 Å². The van der Waals surface area contributed by atoms with Gasteiger partial charge in [-0.15, -0.1) is 0 Å². The SMILES string of the molecule is Cc1ccc2cc(C(=O)N3CCC(C(=O)O)C3C)[nH]c2c1. The van der Waals surface area contributed by atoms with Gasteiger partial charge in [0.05, 0.1) is 5.92 Å². The van der Waals surface area contributed by atoms with Crippen LogP contribution in [0.5, 0.6) is 0 Å². The van der Waals surface area contributed by atoms with Crippen LogP contribution in [-0.2, 0) is 4.79 Å². The molecule has 3 rings (SSSR count). The van der Waals surface area contributed by atoms with Gasteiger partial charge in [-0.3, -0.25) is 9.59 Å². The standard InChI is InChI=1S/C16H18N2O3/c1-9-3-4-11-8-14(17-13(11)7-9)15(19)18-6-5-12(10(18)2)16(20)21/h3-4,7-8,10,12,17H,5-6H2,1-2H3,(H,20,21). The van der Waals surface area contributed by atoms with Gasteiger partial charge in [0.2, 0.25) is 0 Å². The second kappa shape index (κ2) is 4.91. The molecule has 1 aliphatic rings. The van der Waals surface area contributed by atoms with E-state index in [0.717, 1.165) is 16.5 Å². The Labute approximate surface area is 122 Å². The summed E-state index contributed by atoms with van der Waals surface area (Å²) in [6.45, 7) is 4.30. The van der Waals surface area contributed by atoms with Gasteiger partial charge in [-0.2, -0.15) is 0 Å². The number of benzene rings is 1. The summed E-state index contributed by atoms with van der Waals surface area (Å²) in [6.07, 6.45) is 0.515. The molecule has 1 fully saturated rings. The van der Waals surface area contributed by atoms with Crippen molar-refractivity contribution >= 4 is 22.8 Å². The van der Waals surface area contributed by atoms with Gasteiger partial charge in [-0.1, -0.05) is 12.1 Å². The summed E-state index contributed by atoms with van der Waals surface area (Å²) in [5.74, 6) is -1.43. The van der Waals surface area contributed by atoms with Gasteiger partial charge < -0.3 is 15.0 Å². The summed E-state index contributed by atoms with van der Waals surface area (Å²) in [7, 11) is 0. The maximum Gasteiger partial charge on any atom is 0.308 e. The van der Waals surface area contributed by atoms with Crippen LogP contribution in [0.2, 0.25) is 0 Å². The van der Waals surface area contributed by atoms with Gasteiger partial charge >= 0.3 is 5.97 Å². The lowest BCUT2D eigenvalue weighted by molar-refractivity contribution is -0.142. The Bertz CT molecular complexity index is 719. The largest absolute Gasteiger partial charge is 0.481 e. The Morgan fingerprint density at radius 3 is 2.76 bits per heavy atom. The van der Waals surface area contributed by atoms with E-state index in [0.29, 0.717) is 18.7 Å². The van der Waals surface area contributed by atoms with Crippen LogP contribution in [0.15, 0.2) is 24.3 Å². The molecule has 1 aromatic heterocycles. The molecule has 5 heteroatoms. The molecule has 2 aromatic rings. The topological polar surface area (TPSA) is 73.4 Å². The van der Waals surface area contributed by atoms with Crippen molar-refractivity contribution in [3.05, 3.63) is 35.5 Å². The number of carboxylic acid groups (broad SMARTS) is 1. The average Bonchev–Trinajstić information content (AvgIpc) is 3.00. The summed E-state index contributed by atoms with van der Waals surface area (Å²) in [5.41, 5.74) is 2.58.